The molecule has 0 bridgehead atoms. The molecule has 9 aromatic rings. The summed E-state index contributed by atoms with van der Waals surface area (Å²) < 4.78 is 6.73. The van der Waals surface area contributed by atoms with Crippen LogP contribution in [-0.2, 0) is 16.2 Å². The van der Waals surface area contributed by atoms with Crippen LogP contribution in [0.3, 0.4) is 0 Å². The van der Waals surface area contributed by atoms with E-state index in [1.807, 2.05) is 0 Å². The third kappa shape index (κ3) is 6.94. The number of hydrogen-bond donors (Lipinski definition) is 0. The van der Waals surface area contributed by atoms with Gasteiger partial charge in [0.2, 0.25) is 0 Å². The summed E-state index contributed by atoms with van der Waals surface area (Å²) in [6, 6.07) is 74.5. The lowest BCUT2D eigenvalue weighted by molar-refractivity contribution is 0.419. The quantitative estimate of drug-likeness (QED) is 0.160. The van der Waals surface area contributed by atoms with E-state index in [4.69, 9.17) is 4.74 Å². The van der Waals surface area contributed by atoms with Crippen LogP contribution in [0.2, 0.25) is 0 Å². The summed E-state index contributed by atoms with van der Waals surface area (Å²) in [7, 11) is 0. The second kappa shape index (κ2) is 15.8. The van der Waals surface area contributed by atoms with E-state index in [1.54, 1.807) is 0 Å². The zero-order valence-electron chi connectivity index (χ0n) is 40.9. The standard InChI is InChI=1S/C65H57BN2O/c1-63(2,3)46-33-37-56-53(39-46)66-52-38-45(50-25-19-29-60-61(50)65(7,8)51-26-16-18-28-59(51)69-60)32-36-55(52)67(48-34-30-43(31-35-48)42-20-11-9-12-21-42)57-40-47(64(4,5)6)41-58(62(57)66)68(56)54-27-17-15-24-49(54)44-22-13-10-14-23-44/h9-41H,1-8H3. The Kier molecular flexibility index (Phi) is 9.77. The second-order valence-electron chi connectivity index (χ2n) is 21.8. The molecule has 12 rings (SSSR count). The minimum absolute atomic E-state index is 0.0687. The van der Waals surface area contributed by atoms with Crippen LogP contribution in [0.5, 0.6) is 11.5 Å². The fourth-order valence-corrected chi connectivity index (χ4v) is 11.4. The van der Waals surface area contributed by atoms with Crippen molar-refractivity contribution >= 4 is 57.2 Å². The molecule has 0 saturated heterocycles. The van der Waals surface area contributed by atoms with Gasteiger partial charge in [0, 0.05) is 50.5 Å². The largest absolute Gasteiger partial charge is 0.457 e. The molecule has 0 unspecified atom stereocenters. The summed E-state index contributed by atoms with van der Waals surface area (Å²) in [5.41, 5.74) is 22.7. The average molecular weight is 893 g/mol. The van der Waals surface area contributed by atoms with Crippen molar-refractivity contribution in [1.29, 1.82) is 0 Å². The monoisotopic (exact) mass is 892 g/mol. The second-order valence-corrected chi connectivity index (χ2v) is 21.8. The molecule has 0 spiro atoms. The SMILES string of the molecule is CC(C)(C)c1ccc2c(c1)B1c3cc(-c4cccc5c4C(C)(C)c4ccccc4O5)ccc3N(c3ccc(-c4ccccc4)cc3)c3cc(C(C)(C)C)cc(c31)N2c1ccccc1-c1ccccc1. The van der Waals surface area contributed by atoms with Crippen LogP contribution in [0.25, 0.3) is 33.4 Å². The average Bonchev–Trinajstić information content (AvgIpc) is 3.36. The van der Waals surface area contributed by atoms with Crippen LogP contribution < -0.4 is 30.9 Å². The lowest BCUT2D eigenvalue weighted by Crippen LogP contribution is -2.61. The van der Waals surface area contributed by atoms with Gasteiger partial charge in [0.25, 0.3) is 6.71 Å². The van der Waals surface area contributed by atoms with Crippen molar-refractivity contribution in [2.45, 2.75) is 71.6 Å². The number of fused-ring (bicyclic) bond motifs is 6. The smallest absolute Gasteiger partial charge is 0.252 e. The minimum atomic E-state index is -0.294. The fourth-order valence-electron chi connectivity index (χ4n) is 11.4. The molecule has 4 heteroatoms. The van der Waals surface area contributed by atoms with Crippen LogP contribution >= 0.6 is 0 Å². The summed E-state index contributed by atoms with van der Waals surface area (Å²) in [6.07, 6.45) is 0. The lowest BCUT2D eigenvalue weighted by atomic mass is 9.33. The first kappa shape index (κ1) is 42.8. The molecular weight excluding hydrogens is 836 g/mol. The number of hydrogen-bond acceptors (Lipinski definition) is 3. The van der Waals surface area contributed by atoms with Crippen LogP contribution in [-0.4, -0.2) is 6.71 Å². The summed E-state index contributed by atoms with van der Waals surface area (Å²) in [5, 5.41) is 0. The van der Waals surface area contributed by atoms with Crippen LogP contribution in [0.15, 0.2) is 200 Å². The van der Waals surface area contributed by atoms with Gasteiger partial charge in [-0.2, -0.15) is 0 Å². The van der Waals surface area contributed by atoms with Crippen molar-refractivity contribution in [3.8, 4) is 44.9 Å². The summed E-state index contributed by atoms with van der Waals surface area (Å²) in [6.45, 7) is 18.7. The molecule has 3 heterocycles. The highest BCUT2D eigenvalue weighted by atomic mass is 16.5. The molecule has 336 valence electrons. The predicted molar refractivity (Wildman–Crippen MR) is 293 cm³/mol. The van der Waals surface area contributed by atoms with Gasteiger partial charge in [-0.1, -0.05) is 201 Å². The van der Waals surface area contributed by atoms with Crippen LogP contribution in [0, 0.1) is 0 Å². The zero-order chi connectivity index (χ0) is 47.4. The Morgan fingerprint density at radius 2 is 0.957 bits per heavy atom. The van der Waals surface area contributed by atoms with Gasteiger partial charge in [0.15, 0.2) is 0 Å². The molecule has 0 fully saturated rings. The Labute approximate surface area is 408 Å². The van der Waals surface area contributed by atoms with E-state index < -0.39 is 0 Å². The van der Waals surface area contributed by atoms with Crippen molar-refractivity contribution in [3.05, 3.63) is 222 Å². The Balaban J connectivity index is 1.17. The van der Waals surface area contributed by atoms with Gasteiger partial charge in [-0.15, -0.1) is 0 Å². The highest BCUT2D eigenvalue weighted by Crippen LogP contribution is 2.53. The molecule has 0 radical (unpaired) electrons. The van der Waals surface area contributed by atoms with Crippen molar-refractivity contribution in [3.63, 3.8) is 0 Å². The predicted octanol–water partition coefficient (Wildman–Crippen LogP) is 15.8. The first-order valence-electron chi connectivity index (χ1n) is 24.5. The number of para-hydroxylation sites is 2. The van der Waals surface area contributed by atoms with Crippen molar-refractivity contribution < 1.29 is 4.74 Å². The minimum Gasteiger partial charge on any atom is -0.457 e. The van der Waals surface area contributed by atoms with Gasteiger partial charge in [-0.3, -0.25) is 0 Å². The molecule has 0 N–H and O–H groups in total. The number of nitrogens with zero attached hydrogens (tertiary/aromatic N) is 2. The molecule has 3 nitrogen and oxygen atoms in total. The highest BCUT2D eigenvalue weighted by Gasteiger charge is 2.45. The normalized spacial score (nSPS) is 14.2. The van der Waals surface area contributed by atoms with E-state index in [2.05, 4.69) is 265 Å². The van der Waals surface area contributed by atoms with Crippen molar-refractivity contribution in [1.82, 2.24) is 0 Å². The topological polar surface area (TPSA) is 15.7 Å². The van der Waals surface area contributed by atoms with Gasteiger partial charge >= 0.3 is 0 Å². The first-order chi connectivity index (χ1) is 33.3. The van der Waals surface area contributed by atoms with E-state index in [1.165, 1.54) is 94.8 Å². The lowest BCUT2D eigenvalue weighted by Gasteiger charge is -2.46. The third-order valence-corrected chi connectivity index (χ3v) is 15.0. The van der Waals surface area contributed by atoms with Crippen LogP contribution in [0.4, 0.5) is 34.1 Å². The summed E-state index contributed by atoms with van der Waals surface area (Å²) in [4.78, 5) is 5.15. The van der Waals surface area contributed by atoms with E-state index in [0.29, 0.717) is 0 Å². The zero-order valence-corrected chi connectivity index (χ0v) is 40.9. The van der Waals surface area contributed by atoms with Gasteiger partial charge in [-0.05, 0) is 121 Å². The Morgan fingerprint density at radius 3 is 1.68 bits per heavy atom. The molecule has 0 atom stereocenters. The molecule has 0 aromatic heterocycles. The van der Waals surface area contributed by atoms with E-state index in [-0.39, 0.29) is 23.0 Å². The van der Waals surface area contributed by atoms with Crippen molar-refractivity contribution in [2.75, 3.05) is 9.80 Å². The molecule has 0 aliphatic carbocycles. The van der Waals surface area contributed by atoms with Gasteiger partial charge in [0.05, 0.1) is 5.69 Å². The summed E-state index contributed by atoms with van der Waals surface area (Å²) in [5.74, 6) is 1.85. The number of rotatable bonds is 5. The number of benzene rings is 9. The molecule has 3 aliphatic heterocycles. The molecule has 69 heavy (non-hydrogen) atoms. The van der Waals surface area contributed by atoms with Gasteiger partial charge < -0.3 is 14.5 Å². The van der Waals surface area contributed by atoms with Gasteiger partial charge in [-0.25, -0.2) is 0 Å². The van der Waals surface area contributed by atoms with E-state index in [0.717, 1.165) is 22.9 Å². The maximum atomic E-state index is 6.73. The number of anilines is 6. The third-order valence-electron chi connectivity index (χ3n) is 15.0. The highest BCUT2D eigenvalue weighted by molar-refractivity contribution is 7.00. The Bertz CT molecular complexity index is 3470. The molecule has 3 aliphatic rings. The molecule has 0 saturated carbocycles. The fraction of sp³-hybridized carbons (Fsp3) is 0.169. The summed E-state index contributed by atoms with van der Waals surface area (Å²) >= 11 is 0. The first-order valence-corrected chi connectivity index (χ1v) is 24.5. The molecule has 9 aromatic carbocycles. The number of ether oxygens (including phenoxy) is 1. The Hall–Kier alpha value is -7.56. The van der Waals surface area contributed by atoms with Crippen molar-refractivity contribution in [2.24, 2.45) is 0 Å². The van der Waals surface area contributed by atoms with Gasteiger partial charge in [0.1, 0.15) is 11.5 Å². The van der Waals surface area contributed by atoms with Crippen LogP contribution in [0.1, 0.15) is 77.6 Å². The molecular formula is C65H57BN2O. The maximum Gasteiger partial charge on any atom is 0.252 e. The van der Waals surface area contributed by atoms with E-state index in [9.17, 15) is 0 Å². The Morgan fingerprint density at radius 1 is 0.406 bits per heavy atom. The maximum absolute atomic E-state index is 6.73. The molecule has 0 amide bonds. The van der Waals surface area contributed by atoms with E-state index >= 15 is 0 Å².